The van der Waals surface area contributed by atoms with Crippen molar-refractivity contribution in [2.75, 3.05) is 25.1 Å². The summed E-state index contributed by atoms with van der Waals surface area (Å²) < 4.78 is 15.6. The smallest absolute Gasteiger partial charge is 0.338 e. The molecule has 3 N–H and O–H groups in total. The molecule has 0 fully saturated rings. The number of phenols is 1. The summed E-state index contributed by atoms with van der Waals surface area (Å²) in [4.78, 5) is 35.4. The minimum atomic E-state index is -0.794. The molecule has 140 valence electrons. The third-order valence-corrected chi connectivity index (χ3v) is 3.49. The molecule has 2 aromatic rings. The van der Waals surface area contributed by atoms with E-state index in [1.807, 2.05) is 5.32 Å². The van der Waals surface area contributed by atoms with Crippen molar-refractivity contribution in [3.63, 3.8) is 0 Å². The van der Waals surface area contributed by atoms with E-state index in [2.05, 4.69) is 5.32 Å². The Kier molecular flexibility index (Phi) is 5.41. The van der Waals surface area contributed by atoms with Gasteiger partial charge >= 0.3 is 12.0 Å². The lowest BCUT2D eigenvalue weighted by atomic mass is 10.2. The van der Waals surface area contributed by atoms with E-state index in [1.165, 1.54) is 24.3 Å². The Balaban J connectivity index is 1.47. The highest BCUT2D eigenvalue weighted by atomic mass is 16.6. The van der Waals surface area contributed by atoms with Crippen LogP contribution >= 0.6 is 0 Å². The van der Waals surface area contributed by atoms with Gasteiger partial charge < -0.3 is 24.6 Å². The zero-order valence-electron chi connectivity index (χ0n) is 14.1. The maximum atomic E-state index is 11.9. The van der Waals surface area contributed by atoms with Crippen LogP contribution in [-0.4, -0.2) is 42.8 Å². The minimum absolute atomic E-state index is 0.0000967. The summed E-state index contributed by atoms with van der Waals surface area (Å²) in [5, 5.41) is 13.7. The van der Waals surface area contributed by atoms with Crippen molar-refractivity contribution in [1.82, 2.24) is 5.32 Å². The van der Waals surface area contributed by atoms with Gasteiger partial charge in [0.15, 0.2) is 18.1 Å². The van der Waals surface area contributed by atoms with Crippen LogP contribution in [0.4, 0.5) is 10.5 Å². The fourth-order valence-electron chi connectivity index (χ4n) is 2.26. The molecule has 0 aromatic heterocycles. The summed E-state index contributed by atoms with van der Waals surface area (Å²) in [6, 6.07) is 9.37. The molecule has 27 heavy (non-hydrogen) atoms. The summed E-state index contributed by atoms with van der Waals surface area (Å²) in [6.45, 7) is 0.236. The molecule has 0 unspecified atom stereocenters. The highest BCUT2D eigenvalue weighted by Gasteiger charge is 2.15. The second-order valence-electron chi connectivity index (χ2n) is 5.48. The van der Waals surface area contributed by atoms with Gasteiger partial charge in [-0.3, -0.25) is 10.1 Å². The first-order valence-corrected chi connectivity index (χ1v) is 7.98. The molecular formula is C18H16N2O7. The normalized spacial score (nSPS) is 12.0. The molecule has 9 heteroatoms. The number of hydrogen-bond donors (Lipinski definition) is 3. The molecule has 2 aromatic carbocycles. The van der Waals surface area contributed by atoms with Gasteiger partial charge in [0.25, 0.3) is 5.91 Å². The van der Waals surface area contributed by atoms with E-state index in [0.717, 1.165) is 0 Å². The van der Waals surface area contributed by atoms with Crippen molar-refractivity contribution < 1.29 is 33.7 Å². The van der Waals surface area contributed by atoms with Gasteiger partial charge in [0.1, 0.15) is 19.0 Å². The van der Waals surface area contributed by atoms with E-state index in [1.54, 1.807) is 18.2 Å². The maximum Gasteiger partial charge on any atom is 0.338 e. The quantitative estimate of drug-likeness (QED) is 0.698. The Morgan fingerprint density at radius 2 is 1.70 bits per heavy atom. The Morgan fingerprint density at radius 3 is 2.44 bits per heavy atom. The number of carbonyl (C=O) groups excluding carboxylic acids is 3. The first-order chi connectivity index (χ1) is 13.0. The van der Waals surface area contributed by atoms with Gasteiger partial charge in [0, 0.05) is 11.8 Å². The number of nitrogens with one attached hydrogen (secondary N) is 2. The van der Waals surface area contributed by atoms with Crippen LogP contribution in [0.5, 0.6) is 17.2 Å². The zero-order chi connectivity index (χ0) is 19.2. The van der Waals surface area contributed by atoms with Gasteiger partial charge in [-0.1, -0.05) is 0 Å². The minimum Gasteiger partial charge on any atom is -0.508 e. The van der Waals surface area contributed by atoms with Gasteiger partial charge in [-0.2, -0.15) is 0 Å². The van der Waals surface area contributed by atoms with Crippen molar-refractivity contribution >= 4 is 23.6 Å². The van der Waals surface area contributed by atoms with E-state index in [9.17, 15) is 14.4 Å². The van der Waals surface area contributed by atoms with Crippen LogP contribution in [0.25, 0.3) is 0 Å². The second-order valence-corrected chi connectivity index (χ2v) is 5.48. The first kappa shape index (κ1) is 18.1. The maximum absolute atomic E-state index is 11.9. The lowest BCUT2D eigenvalue weighted by Gasteiger charge is -2.19. The monoisotopic (exact) mass is 372 g/mol. The van der Waals surface area contributed by atoms with Crippen molar-refractivity contribution in [2.45, 2.75) is 0 Å². The van der Waals surface area contributed by atoms with Crippen molar-refractivity contribution in [3.8, 4) is 17.2 Å². The number of ether oxygens (including phenoxy) is 3. The van der Waals surface area contributed by atoms with Crippen molar-refractivity contribution in [3.05, 3.63) is 48.0 Å². The Hall–Kier alpha value is -3.75. The molecule has 3 amide bonds. The number of aromatic hydroxyl groups is 1. The molecule has 9 nitrogen and oxygen atoms in total. The molecule has 0 atom stereocenters. The van der Waals surface area contributed by atoms with E-state index in [4.69, 9.17) is 19.3 Å². The molecule has 0 radical (unpaired) electrons. The fourth-order valence-corrected chi connectivity index (χ4v) is 2.26. The first-order valence-electron chi connectivity index (χ1n) is 7.98. The van der Waals surface area contributed by atoms with Gasteiger partial charge in [-0.25, -0.2) is 9.59 Å². The highest BCUT2D eigenvalue weighted by molar-refractivity contribution is 6.02. The number of anilines is 1. The van der Waals surface area contributed by atoms with E-state index in [0.29, 0.717) is 30.4 Å². The number of esters is 1. The molecule has 1 aliphatic rings. The van der Waals surface area contributed by atoms with Gasteiger partial charge in [0.2, 0.25) is 0 Å². The predicted octanol–water partition coefficient (Wildman–Crippen LogP) is 1.67. The molecule has 0 spiro atoms. The average molecular weight is 372 g/mol. The van der Waals surface area contributed by atoms with E-state index in [-0.39, 0.29) is 11.3 Å². The summed E-state index contributed by atoms with van der Waals surface area (Å²) in [5.74, 6) is -0.479. The van der Waals surface area contributed by atoms with Crippen LogP contribution in [0.1, 0.15) is 10.4 Å². The fraction of sp³-hybridized carbons (Fsp3) is 0.167. The lowest BCUT2D eigenvalue weighted by molar-refractivity contribution is -0.123. The van der Waals surface area contributed by atoms with Crippen molar-refractivity contribution in [1.29, 1.82) is 0 Å². The Bertz CT molecular complexity index is 865. The number of carbonyl (C=O) groups is 3. The van der Waals surface area contributed by atoms with Gasteiger partial charge in [-0.15, -0.1) is 0 Å². The number of urea groups is 1. The van der Waals surface area contributed by atoms with Crippen LogP contribution in [0.15, 0.2) is 42.5 Å². The number of amides is 3. The number of imide groups is 1. The molecule has 0 saturated heterocycles. The summed E-state index contributed by atoms with van der Waals surface area (Å²) in [5.41, 5.74) is 0.576. The van der Waals surface area contributed by atoms with E-state index >= 15 is 0 Å². The van der Waals surface area contributed by atoms with E-state index < -0.39 is 24.5 Å². The van der Waals surface area contributed by atoms with Crippen LogP contribution in [0.3, 0.4) is 0 Å². The Morgan fingerprint density at radius 1 is 1.00 bits per heavy atom. The van der Waals surface area contributed by atoms with Gasteiger partial charge in [-0.05, 0) is 36.4 Å². The molecule has 0 saturated carbocycles. The van der Waals surface area contributed by atoms with Crippen LogP contribution in [-0.2, 0) is 9.53 Å². The summed E-state index contributed by atoms with van der Waals surface area (Å²) in [7, 11) is 0. The number of fused-ring (bicyclic) bond motifs is 1. The average Bonchev–Trinajstić information content (AvgIpc) is 2.66. The van der Waals surface area contributed by atoms with Crippen molar-refractivity contribution in [2.24, 2.45) is 0 Å². The highest BCUT2D eigenvalue weighted by Crippen LogP contribution is 2.32. The number of benzene rings is 2. The number of rotatable bonds is 4. The Labute approximate surface area is 153 Å². The zero-order valence-corrected chi connectivity index (χ0v) is 14.1. The molecule has 1 heterocycles. The predicted molar refractivity (Wildman–Crippen MR) is 93.0 cm³/mol. The topological polar surface area (TPSA) is 123 Å². The SMILES string of the molecule is O=C(COC(=O)c1ccc(O)cc1)NC(=O)Nc1ccc2c(c1)OCCO2. The lowest BCUT2D eigenvalue weighted by Crippen LogP contribution is -2.37. The number of hydrogen-bond acceptors (Lipinski definition) is 7. The largest absolute Gasteiger partial charge is 0.508 e. The second kappa shape index (κ2) is 8.09. The summed E-state index contributed by atoms with van der Waals surface area (Å²) >= 11 is 0. The standard InChI is InChI=1S/C18H16N2O7/c21-13-4-1-11(2-5-13)17(23)27-10-16(22)20-18(24)19-12-3-6-14-15(9-12)26-8-7-25-14/h1-6,9,21H,7-8,10H2,(H2,19,20,22,24). The van der Waals surface area contributed by atoms with Crippen LogP contribution in [0, 0.1) is 0 Å². The third kappa shape index (κ3) is 4.88. The molecule has 0 bridgehead atoms. The van der Waals surface area contributed by atoms with Crippen LogP contribution < -0.4 is 20.1 Å². The molecule has 0 aliphatic carbocycles. The molecule has 1 aliphatic heterocycles. The summed E-state index contributed by atoms with van der Waals surface area (Å²) in [6.07, 6.45) is 0. The molecular weight excluding hydrogens is 356 g/mol. The van der Waals surface area contributed by atoms with Crippen LogP contribution in [0.2, 0.25) is 0 Å². The molecule has 3 rings (SSSR count). The van der Waals surface area contributed by atoms with Gasteiger partial charge in [0.05, 0.1) is 5.56 Å². The third-order valence-electron chi connectivity index (χ3n) is 3.49. The number of phenolic OH excluding ortho intramolecular Hbond substituents is 1.